The monoisotopic (exact) mass is 323 g/mol. The lowest BCUT2D eigenvalue weighted by atomic mass is 9.93. The molecule has 1 amide bonds. The summed E-state index contributed by atoms with van der Waals surface area (Å²) in [6.45, 7) is 6.20. The Bertz CT molecular complexity index is 776. The van der Waals surface area contributed by atoms with Gasteiger partial charge < -0.3 is 14.8 Å². The Morgan fingerprint density at radius 2 is 1.79 bits per heavy atom. The molecule has 0 unspecified atom stereocenters. The summed E-state index contributed by atoms with van der Waals surface area (Å²) in [5, 5.41) is 3.02. The largest absolute Gasteiger partial charge is 0.454 e. The summed E-state index contributed by atoms with van der Waals surface area (Å²) in [4.78, 5) is 12.3. The van der Waals surface area contributed by atoms with E-state index in [4.69, 9.17) is 9.47 Å². The minimum atomic E-state index is -0.518. The van der Waals surface area contributed by atoms with E-state index in [1.54, 1.807) is 6.08 Å². The number of aryl methyl sites for hydroxylation is 1. The van der Waals surface area contributed by atoms with Crippen molar-refractivity contribution < 1.29 is 14.3 Å². The third kappa shape index (κ3) is 3.59. The van der Waals surface area contributed by atoms with Crippen molar-refractivity contribution >= 4 is 12.0 Å². The van der Waals surface area contributed by atoms with E-state index in [-0.39, 0.29) is 12.7 Å². The Hall–Kier alpha value is -2.75. The van der Waals surface area contributed by atoms with Gasteiger partial charge in [0, 0.05) is 6.08 Å². The molecule has 1 aliphatic heterocycles. The van der Waals surface area contributed by atoms with E-state index < -0.39 is 5.54 Å². The third-order valence-corrected chi connectivity index (χ3v) is 4.03. The fourth-order valence-corrected chi connectivity index (χ4v) is 2.56. The van der Waals surface area contributed by atoms with Gasteiger partial charge >= 0.3 is 0 Å². The number of carbonyl (C=O) groups is 1. The Balaban J connectivity index is 1.69. The van der Waals surface area contributed by atoms with Gasteiger partial charge in [0.25, 0.3) is 0 Å². The van der Waals surface area contributed by atoms with Gasteiger partial charge in [0.2, 0.25) is 12.7 Å². The Kier molecular flexibility index (Phi) is 4.30. The summed E-state index contributed by atoms with van der Waals surface area (Å²) in [5.41, 5.74) is 2.64. The molecule has 0 spiro atoms. The molecule has 1 N–H and O–H groups in total. The molecule has 1 heterocycles. The van der Waals surface area contributed by atoms with E-state index in [0.717, 1.165) is 16.9 Å². The summed E-state index contributed by atoms with van der Waals surface area (Å²) in [5.74, 6) is 1.31. The van der Waals surface area contributed by atoms with Gasteiger partial charge in [-0.25, -0.2) is 0 Å². The summed E-state index contributed by atoms with van der Waals surface area (Å²) in [6.07, 6.45) is 3.36. The van der Waals surface area contributed by atoms with Crippen LogP contribution in [0.25, 0.3) is 6.08 Å². The van der Waals surface area contributed by atoms with E-state index >= 15 is 0 Å². The number of nitrogens with one attached hydrogen (secondary N) is 1. The van der Waals surface area contributed by atoms with E-state index in [1.807, 2.05) is 69.3 Å². The van der Waals surface area contributed by atoms with Crippen LogP contribution in [0.2, 0.25) is 0 Å². The number of ether oxygens (including phenoxy) is 2. The highest BCUT2D eigenvalue weighted by Crippen LogP contribution is 2.35. The number of carbonyl (C=O) groups excluding carboxylic acids is 1. The maximum absolute atomic E-state index is 12.3. The second-order valence-electron chi connectivity index (χ2n) is 6.43. The van der Waals surface area contributed by atoms with Crippen LogP contribution in [0.4, 0.5) is 0 Å². The molecule has 0 saturated heterocycles. The highest BCUT2D eigenvalue weighted by atomic mass is 16.7. The van der Waals surface area contributed by atoms with Crippen molar-refractivity contribution in [1.29, 1.82) is 0 Å². The molecule has 0 fully saturated rings. The van der Waals surface area contributed by atoms with Gasteiger partial charge in [0.15, 0.2) is 11.5 Å². The van der Waals surface area contributed by atoms with Crippen molar-refractivity contribution in [2.75, 3.05) is 6.79 Å². The molecule has 0 saturated carbocycles. The first kappa shape index (κ1) is 16.1. The number of rotatable bonds is 4. The van der Waals surface area contributed by atoms with Gasteiger partial charge in [0.05, 0.1) is 5.54 Å². The van der Waals surface area contributed by atoms with Crippen molar-refractivity contribution in [2.24, 2.45) is 0 Å². The van der Waals surface area contributed by atoms with Crippen LogP contribution in [0.5, 0.6) is 11.5 Å². The van der Waals surface area contributed by atoms with Crippen molar-refractivity contribution in [3.8, 4) is 11.5 Å². The minimum absolute atomic E-state index is 0.141. The predicted octanol–water partition coefficient (Wildman–Crippen LogP) is 3.79. The van der Waals surface area contributed by atoms with E-state index in [1.165, 1.54) is 5.56 Å². The Labute approximate surface area is 142 Å². The highest BCUT2D eigenvalue weighted by Gasteiger charge is 2.24. The minimum Gasteiger partial charge on any atom is -0.454 e. The van der Waals surface area contributed by atoms with Crippen LogP contribution in [0.15, 0.2) is 48.5 Å². The SMILES string of the molecule is Cc1ccc(/C=C/C(=O)NC(C)(C)c2ccc3c(c2)OCO3)cc1. The zero-order chi connectivity index (χ0) is 17.2. The van der Waals surface area contributed by atoms with Gasteiger partial charge in [-0.05, 0) is 50.1 Å². The van der Waals surface area contributed by atoms with Crippen LogP contribution in [-0.2, 0) is 10.3 Å². The van der Waals surface area contributed by atoms with Gasteiger partial charge in [-0.2, -0.15) is 0 Å². The first-order valence-electron chi connectivity index (χ1n) is 7.91. The summed E-state index contributed by atoms with van der Waals surface area (Å²) < 4.78 is 10.7. The van der Waals surface area contributed by atoms with Gasteiger partial charge in [-0.3, -0.25) is 4.79 Å². The smallest absolute Gasteiger partial charge is 0.244 e. The zero-order valence-corrected chi connectivity index (χ0v) is 14.1. The quantitative estimate of drug-likeness (QED) is 0.871. The van der Waals surface area contributed by atoms with Crippen LogP contribution in [0, 0.1) is 6.92 Å². The summed E-state index contributed by atoms with van der Waals surface area (Å²) >= 11 is 0. The molecule has 2 aromatic rings. The van der Waals surface area contributed by atoms with Crippen LogP contribution in [0.3, 0.4) is 0 Å². The van der Waals surface area contributed by atoms with Crippen molar-refractivity contribution in [2.45, 2.75) is 26.3 Å². The van der Waals surface area contributed by atoms with E-state index in [9.17, 15) is 4.79 Å². The third-order valence-electron chi connectivity index (χ3n) is 4.03. The maximum atomic E-state index is 12.3. The van der Waals surface area contributed by atoms with Gasteiger partial charge in [0.1, 0.15) is 0 Å². The predicted molar refractivity (Wildman–Crippen MR) is 93.9 cm³/mol. The molecular weight excluding hydrogens is 302 g/mol. The molecular formula is C20H21NO3. The molecule has 0 aliphatic carbocycles. The lowest BCUT2D eigenvalue weighted by Crippen LogP contribution is -2.40. The normalized spacial score (nSPS) is 13.3. The number of hydrogen-bond acceptors (Lipinski definition) is 3. The standard InChI is InChI=1S/C20H21NO3/c1-14-4-6-15(7-5-14)8-11-19(22)21-20(2,3)16-9-10-17-18(12-16)24-13-23-17/h4-12H,13H2,1-3H3,(H,21,22)/b11-8+. The lowest BCUT2D eigenvalue weighted by Gasteiger charge is -2.26. The summed E-state index contributed by atoms with van der Waals surface area (Å²) in [6, 6.07) is 13.7. The molecule has 124 valence electrons. The fraction of sp³-hybridized carbons (Fsp3) is 0.250. The second-order valence-corrected chi connectivity index (χ2v) is 6.43. The van der Waals surface area contributed by atoms with Crippen LogP contribution >= 0.6 is 0 Å². The van der Waals surface area contributed by atoms with Crippen LogP contribution in [-0.4, -0.2) is 12.7 Å². The number of amides is 1. The molecule has 1 aliphatic rings. The average Bonchev–Trinajstić information content (AvgIpc) is 3.01. The first-order valence-corrected chi connectivity index (χ1v) is 7.91. The number of fused-ring (bicyclic) bond motifs is 1. The van der Waals surface area contributed by atoms with Crippen LogP contribution < -0.4 is 14.8 Å². The Morgan fingerprint density at radius 1 is 1.08 bits per heavy atom. The molecule has 0 aromatic heterocycles. The molecule has 24 heavy (non-hydrogen) atoms. The molecule has 4 nitrogen and oxygen atoms in total. The van der Waals surface area contributed by atoms with Gasteiger partial charge in [-0.15, -0.1) is 0 Å². The number of hydrogen-bond donors (Lipinski definition) is 1. The van der Waals surface area contributed by atoms with Gasteiger partial charge in [-0.1, -0.05) is 35.9 Å². The topological polar surface area (TPSA) is 47.6 Å². The molecule has 0 bridgehead atoms. The molecule has 0 atom stereocenters. The molecule has 2 aromatic carbocycles. The first-order chi connectivity index (χ1) is 11.4. The average molecular weight is 323 g/mol. The lowest BCUT2D eigenvalue weighted by molar-refractivity contribution is -0.118. The van der Waals surface area contributed by atoms with Crippen molar-refractivity contribution in [1.82, 2.24) is 5.32 Å². The van der Waals surface area contributed by atoms with E-state index in [2.05, 4.69) is 5.32 Å². The molecule has 3 rings (SSSR count). The maximum Gasteiger partial charge on any atom is 0.244 e. The highest BCUT2D eigenvalue weighted by molar-refractivity contribution is 5.92. The van der Waals surface area contributed by atoms with Crippen molar-refractivity contribution in [3.05, 3.63) is 65.2 Å². The fourth-order valence-electron chi connectivity index (χ4n) is 2.56. The molecule has 4 heteroatoms. The van der Waals surface area contributed by atoms with Crippen molar-refractivity contribution in [3.63, 3.8) is 0 Å². The van der Waals surface area contributed by atoms with Crippen LogP contribution in [0.1, 0.15) is 30.5 Å². The molecule has 0 radical (unpaired) electrons. The summed E-state index contributed by atoms with van der Waals surface area (Å²) in [7, 11) is 0. The number of benzene rings is 2. The zero-order valence-electron chi connectivity index (χ0n) is 14.1. The Morgan fingerprint density at radius 3 is 2.54 bits per heavy atom. The second kappa shape index (κ2) is 6.40. The van der Waals surface area contributed by atoms with E-state index in [0.29, 0.717) is 5.75 Å².